The minimum atomic E-state index is -0.572. The highest BCUT2D eigenvalue weighted by Gasteiger charge is 2.33. The molecule has 3 aromatic rings. The molecule has 1 unspecified atom stereocenters. The first kappa shape index (κ1) is 20.8. The van der Waals surface area contributed by atoms with Gasteiger partial charge in [0.1, 0.15) is 0 Å². The number of nitrogens with zero attached hydrogens (tertiary/aromatic N) is 2. The van der Waals surface area contributed by atoms with Gasteiger partial charge in [-0.3, -0.25) is 9.36 Å². The minimum Gasteiger partial charge on any atom is -0.463 e. The fourth-order valence-electron chi connectivity index (χ4n) is 3.57. The van der Waals surface area contributed by atoms with E-state index in [0.29, 0.717) is 20.6 Å². The molecule has 1 aliphatic rings. The van der Waals surface area contributed by atoms with Crippen molar-refractivity contribution >= 4 is 29.5 Å². The van der Waals surface area contributed by atoms with E-state index in [4.69, 9.17) is 4.74 Å². The number of hydrogen-bond acceptors (Lipinski definition) is 5. The molecule has 6 heteroatoms. The third-order valence-corrected chi connectivity index (χ3v) is 5.97. The van der Waals surface area contributed by atoms with Gasteiger partial charge in [0.05, 0.1) is 28.5 Å². The molecule has 0 bridgehead atoms. The van der Waals surface area contributed by atoms with E-state index in [2.05, 4.69) is 4.99 Å². The molecule has 0 N–H and O–H groups in total. The van der Waals surface area contributed by atoms with E-state index in [1.165, 1.54) is 11.3 Å². The zero-order valence-corrected chi connectivity index (χ0v) is 18.1. The van der Waals surface area contributed by atoms with Crippen molar-refractivity contribution in [3.8, 4) is 0 Å². The highest BCUT2D eigenvalue weighted by molar-refractivity contribution is 7.07. The lowest BCUT2D eigenvalue weighted by Gasteiger charge is -2.24. The fraction of sp³-hybridized carbons (Fsp3) is 0.160. The highest BCUT2D eigenvalue weighted by atomic mass is 32.1. The van der Waals surface area contributed by atoms with Crippen LogP contribution in [0.3, 0.4) is 0 Å². The van der Waals surface area contributed by atoms with Gasteiger partial charge in [0.15, 0.2) is 4.80 Å². The Morgan fingerprint density at radius 2 is 1.81 bits per heavy atom. The Balaban J connectivity index is 1.85. The van der Waals surface area contributed by atoms with Crippen molar-refractivity contribution in [2.75, 3.05) is 6.61 Å². The van der Waals surface area contributed by atoms with E-state index >= 15 is 0 Å². The van der Waals surface area contributed by atoms with Crippen molar-refractivity contribution in [2.45, 2.75) is 19.9 Å². The molecule has 31 heavy (non-hydrogen) atoms. The third-order valence-electron chi connectivity index (χ3n) is 4.97. The van der Waals surface area contributed by atoms with Crippen LogP contribution in [0.5, 0.6) is 0 Å². The molecule has 156 valence electrons. The van der Waals surface area contributed by atoms with Gasteiger partial charge in [-0.15, -0.1) is 0 Å². The molecule has 2 aromatic carbocycles. The minimum absolute atomic E-state index is 0.176. The predicted octanol–water partition coefficient (Wildman–Crippen LogP) is 3.46. The van der Waals surface area contributed by atoms with Crippen molar-refractivity contribution in [2.24, 2.45) is 4.99 Å². The number of carbonyl (C=O) groups is 1. The first-order chi connectivity index (χ1) is 15.1. The Morgan fingerprint density at radius 3 is 2.48 bits per heavy atom. The van der Waals surface area contributed by atoms with Crippen LogP contribution in [0, 0.1) is 0 Å². The van der Waals surface area contributed by atoms with Gasteiger partial charge in [-0.25, -0.2) is 9.79 Å². The molecule has 4 rings (SSSR count). The number of hydrogen-bond donors (Lipinski definition) is 0. The summed E-state index contributed by atoms with van der Waals surface area (Å²) < 4.78 is 7.45. The molecular formula is C25H22N2O3S. The van der Waals surface area contributed by atoms with E-state index in [1.54, 1.807) is 24.5 Å². The van der Waals surface area contributed by atoms with Gasteiger partial charge in [-0.1, -0.05) is 84.2 Å². The van der Waals surface area contributed by atoms with Crippen LogP contribution in [0.4, 0.5) is 0 Å². The number of carbonyl (C=O) groups excluding carboxylic acids is 1. The summed E-state index contributed by atoms with van der Waals surface area (Å²) in [4.78, 5) is 31.3. The normalized spacial score (nSPS) is 16.3. The van der Waals surface area contributed by atoms with Crippen LogP contribution in [0.25, 0.3) is 12.2 Å². The van der Waals surface area contributed by atoms with Gasteiger partial charge >= 0.3 is 5.97 Å². The zero-order valence-electron chi connectivity index (χ0n) is 17.3. The van der Waals surface area contributed by atoms with Crippen LogP contribution in [0.1, 0.15) is 31.0 Å². The molecule has 1 aliphatic heterocycles. The Morgan fingerprint density at radius 1 is 1.13 bits per heavy atom. The van der Waals surface area contributed by atoms with Crippen molar-refractivity contribution in [1.82, 2.24) is 4.57 Å². The number of rotatable bonds is 5. The first-order valence-corrected chi connectivity index (χ1v) is 10.9. The lowest BCUT2D eigenvalue weighted by atomic mass is 9.96. The Bertz CT molecular complexity index is 1330. The number of aromatic nitrogens is 1. The monoisotopic (exact) mass is 430 g/mol. The van der Waals surface area contributed by atoms with Crippen molar-refractivity contribution in [3.63, 3.8) is 0 Å². The molecular weight excluding hydrogens is 408 g/mol. The number of esters is 1. The van der Waals surface area contributed by atoms with Crippen molar-refractivity contribution < 1.29 is 9.53 Å². The van der Waals surface area contributed by atoms with E-state index in [-0.39, 0.29) is 12.2 Å². The maximum absolute atomic E-state index is 13.3. The number of thiazole rings is 1. The second-order valence-electron chi connectivity index (χ2n) is 7.01. The summed E-state index contributed by atoms with van der Waals surface area (Å²) in [7, 11) is 0. The summed E-state index contributed by atoms with van der Waals surface area (Å²) in [6.45, 7) is 3.81. The molecule has 0 spiro atoms. The van der Waals surface area contributed by atoms with Crippen molar-refractivity contribution in [1.29, 1.82) is 0 Å². The zero-order chi connectivity index (χ0) is 21.8. The maximum atomic E-state index is 13.3. The van der Waals surface area contributed by atoms with Gasteiger partial charge < -0.3 is 4.74 Å². The fourth-order valence-corrected chi connectivity index (χ4v) is 4.57. The lowest BCUT2D eigenvalue weighted by Crippen LogP contribution is -2.39. The van der Waals surface area contributed by atoms with Gasteiger partial charge in [-0.2, -0.15) is 0 Å². The average molecular weight is 431 g/mol. The summed E-state index contributed by atoms with van der Waals surface area (Å²) in [6.07, 6.45) is 5.60. The van der Waals surface area contributed by atoms with Gasteiger partial charge in [0.25, 0.3) is 5.56 Å². The molecule has 0 fully saturated rings. The van der Waals surface area contributed by atoms with Gasteiger partial charge in [0.2, 0.25) is 0 Å². The Hall–Kier alpha value is -3.51. The van der Waals surface area contributed by atoms with Crippen LogP contribution in [0.2, 0.25) is 0 Å². The average Bonchev–Trinajstić information content (AvgIpc) is 3.09. The standard InChI is InChI=1S/C25H22N2O3S/c1-3-30-24(29)21-17(2)26-25-27(22(21)19-14-8-5-9-15-19)23(28)20(31-25)16-10-13-18-11-6-4-7-12-18/h4-16,22H,3H2,1-2H3/b13-10-,20-16?. The summed E-state index contributed by atoms with van der Waals surface area (Å²) in [5, 5.41) is 0. The number of ether oxygens (including phenoxy) is 1. The highest BCUT2D eigenvalue weighted by Crippen LogP contribution is 2.30. The third kappa shape index (κ3) is 4.20. The number of allylic oxidation sites excluding steroid dienone is 2. The molecule has 1 atom stereocenters. The van der Waals surface area contributed by atoms with Crippen molar-refractivity contribution in [3.05, 3.63) is 109 Å². The van der Waals surface area contributed by atoms with Gasteiger partial charge in [0, 0.05) is 0 Å². The smallest absolute Gasteiger partial charge is 0.338 e. The second kappa shape index (κ2) is 9.10. The Labute approximate surface area is 184 Å². The molecule has 2 heterocycles. The summed E-state index contributed by atoms with van der Waals surface area (Å²) >= 11 is 1.32. The molecule has 0 amide bonds. The van der Waals surface area contributed by atoms with Crippen LogP contribution in [0.15, 0.2) is 87.8 Å². The first-order valence-electron chi connectivity index (χ1n) is 10.1. The maximum Gasteiger partial charge on any atom is 0.338 e. The molecule has 0 radical (unpaired) electrons. The summed E-state index contributed by atoms with van der Waals surface area (Å²) in [5.41, 5.74) is 2.68. The quantitative estimate of drug-likeness (QED) is 0.583. The summed E-state index contributed by atoms with van der Waals surface area (Å²) in [5.74, 6) is -0.448. The topological polar surface area (TPSA) is 60.7 Å². The largest absolute Gasteiger partial charge is 0.463 e. The molecule has 0 saturated carbocycles. The van der Waals surface area contributed by atoms with E-state index in [0.717, 1.165) is 11.1 Å². The van der Waals surface area contributed by atoms with Crippen LogP contribution >= 0.6 is 11.3 Å². The van der Waals surface area contributed by atoms with Crippen LogP contribution < -0.4 is 14.9 Å². The number of fused-ring (bicyclic) bond motifs is 1. The van der Waals surface area contributed by atoms with Crippen LogP contribution in [-0.2, 0) is 9.53 Å². The predicted molar refractivity (Wildman–Crippen MR) is 123 cm³/mol. The van der Waals surface area contributed by atoms with E-state index in [9.17, 15) is 9.59 Å². The molecule has 5 nitrogen and oxygen atoms in total. The van der Waals surface area contributed by atoms with Gasteiger partial charge in [-0.05, 0) is 31.1 Å². The molecule has 1 aromatic heterocycles. The lowest BCUT2D eigenvalue weighted by molar-refractivity contribution is -0.139. The summed E-state index contributed by atoms with van der Waals surface area (Å²) in [6, 6.07) is 18.8. The van der Waals surface area contributed by atoms with E-state index in [1.807, 2.05) is 72.8 Å². The van der Waals surface area contributed by atoms with E-state index < -0.39 is 12.0 Å². The van der Waals surface area contributed by atoms with Crippen LogP contribution in [-0.4, -0.2) is 17.1 Å². The number of benzene rings is 2. The molecule has 0 aliphatic carbocycles. The second-order valence-corrected chi connectivity index (χ2v) is 8.01. The SMILES string of the molecule is CCOC(=O)C1=C(C)N=c2sc(=C/C=C\c3ccccc3)c(=O)n2C1c1ccccc1. The Kier molecular flexibility index (Phi) is 6.09. The molecule has 0 saturated heterocycles.